The molecule has 1 aliphatic rings. The molecule has 0 atom stereocenters. The summed E-state index contributed by atoms with van der Waals surface area (Å²) in [4.78, 5) is 17.5. The molecule has 6 rings (SSSR count). The van der Waals surface area contributed by atoms with Gasteiger partial charge in [0.05, 0.1) is 23.3 Å². The highest BCUT2D eigenvalue weighted by Gasteiger charge is 2.19. The highest BCUT2D eigenvalue weighted by Crippen LogP contribution is 2.34. The number of aromatic nitrogens is 5. The minimum Gasteiger partial charge on any atom is -0.368 e. The van der Waals surface area contributed by atoms with Crippen molar-refractivity contribution in [3.8, 4) is 22.5 Å². The van der Waals surface area contributed by atoms with E-state index in [9.17, 15) is 0 Å². The van der Waals surface area contributed by atoms with Gasteiger partial charge in [-0.1, -0.05) is 26.5 Å². The minimum atomic E-state index is 0.336. The van der Waals surface area contributed by atoms with Crippen LogP contribution in [-0.4, -0.2) is 63.3 Å². The van der Waals surface area contributed by atoms with Crippen LogP contribution < -0.4 is 10.2 Å². The van der Waals surface area contributed by atoms with E-state index in [1.807, 2.05) is 18.6 Å². The van der Waals surface area contributed by atoms with E-state index in [2.05, 4.69) is 104 Å². The third kappa shape index (κ3) is 4.44. The highest BCUT2D eigenvalue weighted by atomic mass is 15.2. The van der Waals surface area contributed by atoms with Crippen molar-refractivity contribution < 1.29 is 0 Å². The lowest BCUT2D eigenvalue weighted by Crippen LogP contribution is -2.44. The second kappa shape index (κ2) is 9.37. The Bertz CT molecular complexity index is 1590. The van der Waals surface area contributed by atoms with Crippen molar-refractivity contribution in [3.05, 3.63) is 67.3 Å². The molecule has 8 nitrogen and oxygen atoms in total. The Morgan fingerprint density at radius 3 is 2.62 bits per heavy atom. The van der Waals surface area contributed by atoms with Crippen LogP contribution in [-0.2, 0) is 0 Å². The van der Waals surface area contributed by atoms with Crippen LogP contribution in [0, 0.1) is 5.92 Å². The van der Waals surface area contributed by atoms with E-state index >= 15 is 0 Å². The van der Waals surface area contributed by atoms with Gasteiger partial charge < -0.3 is 20.1 Å². The average Bonchev–Trinajstić information content (AvgIpc) is 3.53. The van der Waals surface area contributed by atoms with Gasteiger partial charge in [-0.2, -0.15) is 5.10 Å². The lowest BCUT2D eigenvalue weighted by Gasteiger charge is -2.34. The molecule has 0 spiro atoms. The molecule has 0 saturated carbocycles. The van der Waals surface area contributed by atoms with E-state index in [4.69, 9.17) is 0 Å². The number of fused-ring (bicyclic) bond motifs is 2. The molecule has 3 N–H and O–H groups in total. The average molecular weight is 493 g/mol. The van der Waals surface area contributed by atoms with Crippen LogP contribution in [0.25, 0.3) is 44.5 Å². The standard InChI is InChI=1S/C29H32N8/c1-18(2)19(3)32-22-12-20(15-30-17-22)21-13-24-28(34-35-29(24)31-16-21)26-14-23-25(33-26)6-5-7-27(23)37-10-8-36(4)9-11-37/h5-7,12-18,32-33H,3,8-11H2,1-2,4H3,(H,31,34,35). The number of hydrogen-bond donors (Lipinski definition) is 3. The zero-order chi connectivity index (χ0) is 25.5. The predicted octanol–water partition coefficient (Wildman–Crippen LogP) is 5.50. The van der Waals surface area contributed by atoms with E-state index in [-0.39, 0.29) is 0 Å². The Balaban J connectivity index is 1.36. The van der Waals surface area contributed by atoms with Gasteiger partial charge in [0.25, 0.3) is 0 Å². The summed E-state index contributed by atoms with van der Waals surface area (Å²) in [5.74, 6) is 0.336. The molecular weight excluding hydrogens is 460 g/mol. The summed E-state index contributed by atoms with van der Waals surface area (Å²) in [6.07, 6.45) is 5.52. The Hall–Kier alpha value is -4.17. The molecule has 1 fully saturated rings. The van der Waals surface area contributed by atoms with Gasteiger partial charge in [0, 0.05) is 77.4 Å². The number of aromatic amines is 2. The number of piperazine rings is 1. The maximum Gasteiger partial charge on any atom is 0.181 e. The van der Waals surface area contributed by atoms with Gasteiger partial charge in [0.15, 0.2) is 5.65 Å². The fraction of sp³-hybridized carbons (Fsp3) is 0.276. The van der Waals surface area contributed by atoms with Crippen molar-refractivity contribution in [1.29, 1.82) is 0 Å². The molecule has 188 valence electrons. The SMILES string of the molecule is C=C(Nc1cncc(-c2cnc3n[nH]c(-c4cc5c(N6CCN(C)CC6)cccc5[nH]4)c3c2)c1)C(C)C. The Kier molecular flexibility index (Phi) is 5.88. The summed E-state index contributed by atoms with van der Waals surface area (Å²) in [6, 6.07) is 12.9. The number of hydrogen-bond acceptors (Lipinski definition) is 6. The molecule has 0 bridgehead atoms. The molecule has 5 heterocycles. The fourth-order valence-electron chi connectivity index (χ4n) is 4.86. The maximum absolute atomic E-state index is 4.64. The molecule has 1 saturated heterocycles. The Morgan fingerprint density at radius 1 is 1.00 bits per heavy atom. The maximum atomic E-state index is 4.64. The third-order valence-corrected chi connectivity index (χ3v) is 7.24. The molecule has 5 aromatic rings. The van der Waals surface area contributed by atoms with Gasteiger partial charge in [0.2, 0.25) is 0 Å². The van der Waals surface area contributed by atoms with Crippen LogP contribution in [0.3, 0.4) is 0 Å². The topological polar surface area (TPSA) is 88.8 Å². The van der Waals surface area contributed by atoms with Crippen LogP contribution in [0.4, 0.5) is 11.4 Å². The summed E-state index contributed by atoms with van der Waals surface area (Å²) in [5, 5.41) is 13.3. The zero-order valence-corrected chi connectivity index (χ0v) is 21.5. The monoisotopic (exact) mass is 492 g/mol. The molecule has 1 aliphatic heterocycles. The molecule has 0 radical (unpaired) electrons. The van der Waals surface area contributed by atoms with Crippen LogP contribution in [0.5, 0.6) is 0 Å². The number of anilines is 2. The first-order valence-electron chi connectivity index (χ1n) is 12.8. The van der Waals surface area contributed by atoms with Crippen LogP contribution in [0.2, 0.25) is 0 Å². The minimum absolute atomic E-state index is 0.336. The first-order chi connectivity index (χ1) is 18.0. The fourth-order valence-corrected chi connectivity index (χ4v) is 4.86. The number of likely N-dealkylation sites (N-methyl/N-ethyl adjacent to an activating group) is 1. The van der Waals surface area contributed by atoms with E-state index < -0.39 is 0 Å². The summed E-state index contributed by atoms with van der Waals surface area (Å²) < 4.78 is 0. The third-order valence-electron chi connectivity index (χ3n) is 7.24. The van der Waals surface area contributed by atoms with Crippen molar-refractivity contribution in [2.45, 2.75) is 13.8 Å². The van der Waals surface area contributed by atoms with E-state index in [1.54, 1.807) is 0 Å². The molecule has 0 amide bonds. The van der Waals surface area contributed by atoms with Crippen molar-refractivity contribution >= 4 is 33.3 Å². The lowest BCUT2D eigenvalue weighted by atomic mass is 10.1. The molecule has 4 aromatic heterocycles. The predicted molar refractivity (Wildman–Crippen MR) is 152 cm³/mol. The first-order valence-corrected chi connectivity index (χ1v) is 12.8. The lowest BCUT2D eigenvalue weighted by molar-refractivity contribution is 0.313. The number of nitrogens with one attached hydrogen (secondary N) is 3. The zero-order valence-electron chi connectivity index (χ0n) is 21.5. The molecule has 0 unspecified atom stereocenters. The van der Waals surface area contributed by atoms with Crippen molar-refractivity contribution in [2.24, 2.45) is 5.92 Å². The van der Waals surface area contributed by atoms with E-state index in [1.165, 1.54) is 11.1 Å². The number of benzene rings is 1. The summed E-state index contributed by atoms with van der Waals surface area (Å²) in [7, 11) is 2.18. The van der Waals surface area contributed by atoms with Crippen molar-refractivity contribution in [2.75, 3.05) is 43.4 Å². The van der Waals surface area contributed by atoms with Crippen LogP contribution in [0.15, 0.2) is 67.3 Å². The summed E-state index contributed by atoms with van der Waals surface area (Å²) >= 11 is 0. The van der Waals surface area contributed by atoms with Crippen molar-refractivity contribution in [1.82, 2.24) is 30.0 Å². The van der Waals surface area contributed by atoms with Crippen molar-refractivity contribution in [3.63, 3.8) is 0 Å². The quantitative estimate of drug-likeness (QED) is 0.290. The van der Waals surface area contributed by atoms with Gasteiger partial charge in [-0.25, -0.2) is 4.98 Å². The smallest absolute Gasteiger partial charge is 0.181 e. The van der Waals surface area contributed by atoms with Crippen LogP contribution in [0.1, 0.15) is 13.8 Å². The molecule has 1 aromatic carbocycles. The molecule has 0 aliphatic carbocycles. The van der Waals surface area contributed by atoms with Gasteiger partial charge in [0.1, 0.15) is 0 Å². The first kappa shape index (κ1) is 23.2. The Morgan fingerprint density at radius 2 is 1.81 bits per heavy atom. The van der Waals surface area contributed by atoms with Gasteiger partial charge in [-0.15, -0.1) is 0 Å². The summed E-state index contributed by atoms with van der Waals surface area (Å²) in [5.41, 5.74) is 8.84. The number of nitrogens with zero attached hydrogens (tertiary/aromatic N) is 5. The van der Waals surface area contributed by atoms with Gasteiger partial charge >= 0.3 is 0 Å². The summed E-state index contributed by atoms with van der Waals surface area (Å²) in [6.45, 7) is 12.6. The van der Waals surface area contributed by atoms with E-state index in [0.717, 1.165) is 71.0 Å². The highest BCUT2D eigenvalue weighted by molar-refractivity contribution is 6.00. The van der Waals surface area contributed by atoms with Gasteiger partial charge in [-0.05, 0) is 43.3 Å². The van der Waals surface area contributed by atoms with E-state index in [0.29, 0.717) is 11.6 Å². The molecule has 8 heteroatoms. The second-order valence-corrected chi connectivity index (χ2v) is 10.2. The molecule has 37 heavy (non-hydrogen) atoms. The second-order valence-electron chi connectivity index (χ2n) is 10.2. The number of H-pyrrole nitrogens is 2. The van der Waals surface area contributed by atoms with Crippen LogP contribution >= 0.6 is 0 Å². The normalized spacial score (nSPS) is 14.6. The van der Waals surface area contributed by atoms with Gasteiger partial charge in [-0.3, -0.25) is 10.1 Å². The number of allylic oxidation sites excluding steroid dienone is 1. The number of pyridine rings is 2. The molecular formula is C29H32N8. The number of rotatable bonds is 6. The largest absolute Gasteiger partial charge is 0.368 e. The Labute approximate surface area is 216 Å².